The number of hydrogen-bond acceptors (Lipinski definition) is 3. The van der Waals surface area contributed by atoms with Gasteiger partial charge in [-0.3, -0.25) is 4.90 Å². The molecule has 19 heavy (non-hydrogen) atoms. The molecule has 0 aromatic rings. The van der Waals surface area contributed by atoms with Gasteiger partial charge in [0.1, 0.15) is 0 Å². The molecule has 3 nitrogen and oxygen atoms in total. The third-order valence-electron chi connectivity index (χ3n) is 3.94. The van der Waals surface area contributed by atoms with Gasteiger partial charge in [0.05, 0.1) is 12.7 Å². The molecular weight excluding hydrogens is 236 g/mol. The molecule has 0 bridgehead atoms. The Morgan fingerprint density at radius 2 is 2.00 bits per heavy atom. The number of nitrogens with zero attached hydrogens (tertiary/aromatic N) is 1. The first-order valence-electron chi connectivity index (χ1n) is 7.99. The Bertz CT molecular complexity index is 250. The van der Waals surface area contributed by atoms with Crippen LogP contribution in [0.3, 0.4) is 0 Å². The van der Waals surface area contributed by atoms with Crippen molar-refractivity contribution in [2.75, 3.05) is 19.7 Å². The largest absolute Gasteiger partial charge is 0.376 e. The van der Waals surface area contributed by atoms with E-state index in [0.717, 1.165) is 19.7 Å². The fraction of sp³-hybridized carbons (Fsp3) is 1.00. The van der Waals surface area contributed by atoms with Crippen LogP contribution < -0.4 is 5.32 Å². The molecule has 3 atom stereocenters. The van der Waals surface area contributed by atoms with Crippen molar-refractivity contribution in [3.05, 3.63) is 0 Å². The highest BCUT2D eigenvalue weighted by Crippen LogP contribution is 2.20. The van der Waals surface area contributed by atoms with E-state index in [-0.39, 0.29) is 5.54 Å². The molecule has 0 aliphatic carbocycles. The van der Waals surface area contributed by atoms with Gasteiger partial charge in [-0.2, -0.15) is 0 Å². The summed E-state index contributed by atoms with van der Waals surface area (Å²) in [6.07, 6.45) is 4.07. The highest BCUT2D eigenvalue weighted by atomic mass is 16.5. The van der Waals surface area contributed by atoms with Crippen molar-refractivity contribution in [2.24, 2.45) is 0 Å². The van der Waals surface area contributed by atoms with Crippen molar-refractivity contribution in [1.29, 1.82) is 0 Å². The van der Waals surface area contributed by atoms with Crippen LogP contribution in [0, 0.1) is 0 Å². The van der Waals surface area contributed by atoms with Gasteiger partial charge in [-0.05, 0) is 40.5 Å². The maximum atomic E-state index is 5.82. The van der Waals surface area contributed by atoms with Crippen LogP contribution in [0.1, 0.15) is 60.8 Å². The predicted molar refractivity (Wildman–Crippen MR) is 82.7 cm³/mol. The molecule has 1 rings (SSSR count). The van der Waals surface area contributed by atoms with Crippen molar-refractivity contribution >= 4 is 0 Å². The third-order valence-corrected chi connectivity index (χ3v) is 3.94. The first-order chi connectivity index (χ1) is 8.87. The molecule has 1 saturated heterocycles. The average molecular weight is 270 g/mol. The lowest BCUT2D eigenvalue weighted by atomic mass is 10.0. The minimum Gasteiger partial charge on any atom is -0.376 e. The van der Waals surface area contributed by atoms with Gasteiger partial charge in [0.25, 0.3) is 0 Å². The van der Waals surface area contributed by atoms with Gasteiger partial charge in [-0.15, -0.1) is 0 Å². The molecular formula is C16H34N2O. The lowest BCUT2D eigenvalue weighted by molar-refractivity contribution is -0.0739. The lowest BCUT2D eigenvalue weighted by Crippen LogP contribution is -2.57. The van der Waals surface area contributed by atoms with Gasteiger partial charge in [0.2, 0.25) is 0 Å². The van der Waals surface area contributed by atoms with E-state index in [1.54, 1.807) is 0 Å². The Balaban J connectivity index is 2.65. The number of ether oxygens (including phenoxy) is 1. The molecule has 1 N–H and O–H groups in total. The summed E-state index contributed by atoms with van der Waals surface area (Å²) in [4.78, 5) is 2.69. The standard InChI is InChI=1S/C16H34N2O/c1-7-9-15(10-17-16(4,5)6)18-11-13(3)19-12-14(18)8-2/h13-15,17H,7-12H2,1-6H3. The molecule has 1 heterocycles. The zero-order valence-electron chi connectivity index (χ0n) is 13.8. The molecule has 0 aromatic heterocycles. The van der Waals surface area contributed by atoms with Crippen LogP contribution in [-0.4, -0.2) is 48.3 Å². The summed E-state index contributed by atoms with van der Waals surface area (Å²) in [7, 11) is 0. The lowest BCUT2D eigenvalue weighted by Gasteiger charge is -2.44. The van der Waals surface area contributed by atoms with Crippen LogP contribution in [0.5, 0.6) is 0 Å². The summed E-state index contributed by atoms with van der Waals surface area (Å²) >= 11 is 0. The Hall–Kier alpha value is -0.120. The topological polar surface area (TPSA) is 24.5 Å². The highest BCUT2D eigenvalue weighted by molar-refractivity contribution is 4.86. The van der Waals surface area contributed by atoms with E-state index in [4.69, 9.17) is 4.74 Å². The number of hydrogen-bond donors (Lipinski definition) is 1. The zero-order valence-corrected chi connectivity index (χ0v) is 13.8. The average Bonchev–Trinajstić information content (AvgIpc) is 2.33. The van der Waals surface area contributed by atoms with Crippen molar-refractivity contribution in [3.63, 3.8) is 0 Å². The Morgan fingerprint density at radius 3 is 2.53 bits per heavy atom. The first-order valence-corrected chi connectivity index (χ1v) is 7.99. The van der Waals surface area contributed by atoms with Crippen LogP contribution in [0.25, 0.3) is 0 Å². The van der Waals surface area contributed by atoms with Crippen molar-refractivity contribution in [3.8, 4) is 0 Å². The van der Waals surface area contributed by atoms with Gasteiger partial charge < -0.3 is 10.1 Å². The molecule has 1 fully saturated rings. The first kappa shape index (κ1) is 16.9. The van der Waals surface area contributed by atoms with Crippen LogP contribution in [0.4, 0.5) is 0 Å². The molecule has 1 aliphatic rings. The SMILES string of the molecule is CCCC(CNC(C)(C)C)N1CC(C)OCC1CC. The number of morpholine rings is 1. The maximum Gasteiger partial charge on any atom is 0.0674 e. The Labute approximate surface area is 120 Å². The minimum atomic E-state index is 0.200. The van der Waals surface area contributed by atoms with Crippen molar-refractivity contribution in [2.45, 2.75) is 84.5 Å². The molecule has 0 aromatic carbocycles. The summed E-state index contributed by atoms with van der Waals surface area (Å²) in [6, 6.07) is 1.23. The van der Waals surface area contributed by atoms with Gasteiger partial charge >= 0.3 is 0 Å². The number of nitrogens with one attached hydrogen (secondary N) is 1. The molecule has 3 unspecified atom stereocenters. The van der Waals surface area contributed by atoms with E-state index in [2.05, 4.69) is 51.8 Å². The van der Waals surface area contributed by atoms with E-state index in [1.807, 2.05) is 0 Å². The molecule has 0 amide bonds. The summed E-state index contributed by atoms with van der Waals surface area (Å²) in [5.41, 5.74) is 0.200. The zero-order chi connectivity index (χ0) is 14.5. The summed E-state index contributed by atoms with van der Waals surface area (Å²) in [6.45, 7) is 16.5. The fourth-order valence-electron chi connectivity index (χ4n) is 2.81. The maximum absolute atomic E-state index is 5.82. The predicted octanol–water partition coefficient (Wildman–Crippen LogP) is 3.04. The van der Waals surface area contributed by atoms with E-state index < -0.39 is 0 Å². The minimum absolute atomic E-state index is 0.200. The quantitative estimate of drug-likeness (QED) is 0.803. The summed E-state index contributed by atoms with van der Waals surface area (Å²) in [5.74, 6) is 0. The van der Waals surface area contributed by atoms with E-state index >= 15 is 0 Å². The van der Waals surface area contributed by atoms with Crippen LogP contribution in [0.15, 0.2) is 0 Å². The summed E-state index contributed by atoms with van der Waals surface area (Å²) in [5, 5.41) is 3.68. The van der Waals surface area contributed by atoms with E-state index in [0.29, 0.717) is 18.2 Å². The number of rotatable bonds is 6. The molecule has 0 spiro atoms. The molecule has 114 valence electrons. The van der Waals surface area contributed by atoms with Gasteiger partial charge in [0.15, 0.2) is 0 Å². The van der Waals surface area contributed by atoms with E-state index in [1.165, 1.54) is 19.3 Å². The van der Waals surface area contributed by atoms with Crippen LogP contribution in [-0.2, 0) is 4.74 Å². The van der Waals surface area contributed by atoms with Crippen molar-refractivity contribution < 1.29 is 4.74 Å². The molecule has 3 heteroatoms. The molecule has 0 saturated carbocycles. The van der Waals surface area contributed by atoms with E-state index in [9.17, 15) is 0 Å². The normalized spacial score (nSPS) is 27.5. The van der Waals surface area contributed by atoms with Crippen LogP contribution in [0.2, 0.25) is 0 Å². The fourth-order valence-corrected chi connectivity index (χ4v) is 2.81. The highest BCUT2D eigenvalue weighted by Gasteiger charge is 2.31. The van der Waals surface area contributed by atoms with Crippen molar-refractivity contribution in [1.82, 2.24) is 10.2 Å². The third kappa shape index (κ3) is 5.80. The monoisotopic (exact) mass is 270 g/mol. The molecule has 1 aliphatic heterocycles. The van der Waals surface area contributed by atoms with Gasteiger partial charge in [0, 0.05) is 30.7 Å². The molecule has 0 radical (unpaired) electrons. The second-order valence-electron chi connectivity index (χ2n) is 6.98. The summed E-state index contributed by atoms with van der Waals surface area (Å²) < 4.78 is 5.82. The second-order valence-corrected chi connectivity index (χ2v) is 6.98. The van der Waals surface area contributed by atoms with Gasteiger partial charge in [-0.1, -0.05) is 20.3 Å². The van der Waals surface area contributed by atoms with Crippen LogP contribution >= 0.6 is 0 Å². The van der Waals surface area contributed by atoms with Gasteiger partial charge in [-0.25, -0.2) is 0 Å². The Kier molecular flexibility index (Phi) is 6.78. The smallest absolute Gasteiger partial charge is 0.0674 e. The Morgan fingerprint density at radius 1 is 1.32 bits per heavy atom. The second kappa shape index (κ2) is 7.61.